The summed E-state index contributed by atoms with van der Waals surface area (Å²) < 4.78 is 0. The number of aryl methyl sites for hydroxylation is 2. The maximum atomic E-state index is 12.1. The average Bonchev–Trinajstić information content (AvgIpc) is 2.37. The van der Waals surface area contributed by atoms with Gasteiger partial charge in [0.2, 0.25) is 0 Å². The topological polar surface area (TPSA) is 55.1 Å². The largest absolute Gasteiger partial charge is 0.398 e. The molecule has 0 atom stereocenters. The van der Waals surface area contributed by atoms with Crippen LogP contribution < -0.4 is 11.1 Å². The number of rotatable bonds is 2. The molecule has 0 saturated carbocycles. The maximum absolute atomic E-state index is 12.1. The summed E-state index contributed by atoms with van der Waals surface area (Å²) in [6.07, 6.45) is 0. The molecule has 98 valence electrons. The third-order valence-corrected chi connectivity index (χ3v) is 3.48. The standard InChI is InChI=1S/C15H15ClN2O/c1-9-6-7-11(8-13(9)17)18-15(19)12-5-3-4-10(2)14(12)16/h3-8H,17H2,1-2H3,(H,18,19). The SMILES string of the molecule is Cc1ccc(NC(=O)c2cccc(C)c2Cl)cc1N. The molecular weight excluding hydrogens is 260 g/mol. The first-order valence-corrected chi connectivity index (χ1v) is 6.29. The molecule has 2 rings (SSSR count). The molecule has 3 nitrogen and oxygen atoms in total. The number of carbonyl (C=O) groups excluding carboxylic acids is 1. The van der Waals surface area contributed by atoms with E-state index in [2.05, 4.69) is 5.32 Å². The fourth-order valence-electron chi connectivity index (χ4n) is 1.74. The quantitative estimate of drug-likeness (QED) is 0.819. The lowest BCUT2D eigenvalue weighted by atomic mass is 10.1. The van der Waals surface area contributed by atoms with Crippen LogP contribution in [-0.2, 0) is 0 Å². The molecule has 3 N–H and O–H groups in total. The van der Waals surface area contributed by atoms with Gasteiger partial charge in [0.05, 0.1) is 10.6 Å². The monoisotopic (exact) mass is 274 g/mol. The molecule has 19 heavy (non-hydrogen) atoms. The summed E-state index contributed by atoms with van der Waals surface area (Å²) in [5.41, 5.74) is 9.43. The van der Waals surface area contributed by atoms with E-state index in [-0.39, 0.29) is 5.91 Å². The highest BCUT2D eigenvalue weighted by Gasteiger charge is 2.12. The Labute approximate surface area is 117 Å². The molecule has 0 saturated heterocycles. The lowest BCUT2D eigenvalue weighted by Crippen LogP contribution is -2.13. The Morgan fingerprint density at radius 1 is 1.16 bits per heavy atom. The lowest BCUT2D eigenvalue weighted by molar-refractivity contribution is 0.102. The smallest absolute Gasteiger partial charge is 0.257 e. The van der Waals surface area contributed by atoms with Crippen LogP contribution in [0, 0.1) is 13.8 Å². The fourth-order valence-corrected chi connectivity index (χ4v) is 1.95. The summed E-state index contributed by atoms with van der Waals surface area (Å²) in [5, 5.41) is 3.26. The first-order valence-electron chi connectivity index (χ1n) is 5.91. The zero-order valence-electron chi connectivity index (χ0n) is 10.8. The highest BCUT2D eigenvalue weighted by molar-refractivity contribution is 6.35. The van der Waals surface area contributed by atoms with Crippen molar-refractivity contribution in [2.24, 2.45) is 0 Å². The molecule has 2 aromatic rings. The third-order valence-electron chi connectivity index (χ3n) is 2.97. The second kappa shape index (κ2) is 5.33. The number of amides is 1. The van der Waals surface area contributed by atoms with Crippen molar-refractivity contribution in [3.8, 4) is 0 Å². The molecule has 0 aliphatic rings. The van der Waals surface area contributed by atoms with E-state index in [1.807, 2.05) is 32.0 Å². The number of anilines is 2. The van der Waals surface area contributed by atoms with E-state index in [0.29, 0.717) is 22.0 Å². The van der Waals surface area contributed by atoms with Gasteiger partial charge in [0.25, 0.3) is 5.91 Å². The van der Waals surface area contributed by atoms with Crippen LogP contribution in [0.25, 0.3) is 0 Å². The van der Waals surface area contributed by atoms with Gasteiger partial charge in [0, 0.05) is 11.4 Å². The van der Waals surface area contributed by atoms with Gasteiger partial charge in [-0.15, -0.1) is 0 Å². The van der Waals surface area contributed by atoms with Gasteiger partial charge in [-0.1, -0.05) is 29.8 Å². The summed E-state index contributed by atoms with van der Waals surface area (Å²) in [7, 11) is 0. The predicted molar refractivity (Wildman–Crippen MR) is 79.7 cm³/mol. The number of halogens is 1. The zero-order chi connectivity index (χ0) is 14.0. The molecule has 4 heteroatoms. The van der Waals surface area contributed by atoms with Gasteiger partial charge < -0.3 is 11.1 Å². The highest BCUT2D eigenvalue weighted by Crippen LogP contribution is 2.22. The van der Waals surface area contributed by atoms with Crippen molar-refractivity contribution in [1.29, 1.82) is 0 Å². The summed E-state index contributed by atoms with van der Waals surface area (Å²) in [6, 6.07) is 10.8. The van der Waals surface area contributed by atoms with E-state index >= 15 is 0 Å². The van der Waals surface area contributed by atoms with Crippen molar-refractivity contribution < 1.29 is 4.79 Å². The average molecular weight is 275 g/mol. The Kier molecular flexibility index (Phi) is 3.76. The van der Waals surface area contributed by atoms with E-state index in [0.717, 1.165) is 11.1 Å². The van der Waals surface area contributed by atoms with Crippen LogP contribution in [-0.4, -0.2) is 5.91 Å². The molecule has 2 aromatic carbocycles. The molecule has 0 unspecified atom stereocenters. The number of benzene rings is 2. The Balaban J connectivity index is 2.26. The first kappa shape index (κ1) is 13.4. The van der Waals surface area contributed by atoms with E-state index in [9.17, 15) is 4.79 Å². The van der Waals surface area contributed by atoms with Crippen LogP contribution in [0.5, 0.6) is 0 Å². The van der Waals surface area contributed by atoms with Crippen molar-refractivity contribution in [2.75, 3.05) is 11.1 Å². The Hall–Kier alpha value is -2.00. The minimum atomic E-state index is -0.239. The molecule has 0 fully saturated rings. The predicted octanol–water partition coefficient (Wildman–Crippen LogP) is 3.79. The second-order valence-electron chi connectivity index (χ2n) is 4.46. The summed E-state index contributed by atoms with van der Waals surface area (Å²) in [4.78, 5) is 12.1. The summed E-state index contributed by atoms with van der Waals surface area (Å²) in [6.45, 7) is 3.78. The second-order valence-corrected chi connectivity index (χ2v) is 4.84. The minimum Gasteiger partial charge on any atom is -0.398 e. The van der Waals surface area contributed by atoms with E-state index in [4.69, 9.17) is 17.3 Å². The number of nitrogen functional groups attached to an aromatic ring is 1. The first-order chi connectivity index (χ1) is 8.99. The van der Waals surface area contributed by atoms with Gasteiger partial charge in [-0.25, -0.2) is 0 Å². The molecule has 1 amide bonds. The van der Waals surface area contributed by atoms with Gasteiger partial charge in [-0.05, 0) is 43.2 Å². The maximum Gasteiger partial charge on any atom is 0.257 e. The number of nitrogens with two attached hydrogens (primary N) is 1. The van der Waals surface area contributed by atoms with E-state index in [1.54, 1.807) is 18.2 Å². The number of hydrogen-bond acceptors (Lipinski definition) is 2. The molecular formula is C15H15ClN2O. The summed E-state index contributed by atoms with van der Waals surface area (Å²) in [5.74, 6) is -0.239. The number of hydrogen-bond donors (Lipinski definition) is 2. The fraction of sp³-hybridized carbons (Fsp3) is 0.133. The van der Waals surface area contributed by atoms with Crippen LogP contribution >= 0.6 is 11.6 Å². The molecule has 0 aromatic heterocycles. The van der Waals surface area contributed by atoms with Crippen molar-refractivity contribution in [3.63, 3.8) is 0 Å². The van der Waals surface area contributed by atoms with Crippen LogP contribution in [0.4, 0.5) is 11.4 Å². The van der Waals surface area contributed by atoms with Gasteiger partial charge in [-0.3, -0.25) is 4.79 Å². The van der Waals surface area contributed by atoms with Crippen molar-refractivity contribution in [3.05, 3.63) is 58.1 Å². The minimum absolute atomic E-state index is 0.239. The highest BCUT2D eigenvalue weighted by atomic mass is 35.5. The van der Waals surface area contributed by atoms with Crippen molar-refractivity contribution in [2.45, 2.75) is 13.8 Å². The van der Waals surface area contributed by atoms with Gasteiger partial charge in [-0.2, -0.15) is 0 Å². The van der Waals surface area contributed by atoms with Crippen LogP contribution in [0.3, 0.4) is 0 Å². The van der Waals surface area contributed by atoms with Crippen molar-refractivity contribution >= 4 is 28.9 Å². The third kappa shape index (κ3) is 2.88. The molecule has 0 spiro atoms. The lowest BCUT2D eigenvalue weighted by Gasteiger charge is -2.09. The van der Waals surface area contributed by atoms with Gasteiger partial charge in [0.1, 0.15) is 0 Å². The number of carbonyl (C=O) groups is 1. The van der Waals surface area contributed by atoms with E-state index in [1.165, 1.54) is 0 Å². The normalized spacial score (nSPS) is 10.3. The summed E-state index contributed by atoms with van der Waals surface area (Å²) >= 11 is 6.13. The molecule has 0 bridgehead atoms. The van der Waals surface area contributed by atoms with Crippen molar-refractivity contribution in [1.82, 2.24) is 0 Å². The molecule has 0 radical (unpaired) electrons. The van der Waals surface area contributed by atoms with E-state index < -0.39 is 0 Å². The molecule has 0 aliphatic carbocycles. The molecule has 0 aliphatic heterocycles. The van der Waals surface area contributed by atoms with Gasteiger partial charge in [0.15, 0.2) is 0 Å². The van der Waals surface area contributed by atoms with Crippen LogP contribution in [0.2, 0.25) is 5.02 Å². The number of nitrogens with one attached hydrogen (secondary N) is 1. The van der Waals surface area contributed by atoms with Gasteiger partial charge >= 0.3 is 0 Å². The zero-order valence-corrected chi connectivity index (χ0v) is 11.6. The Morgan fingerprint density at radius 2 is 1.89 bits per heavy atom. The Morgan fingerprint density at radius 3 is 2.58 bits per heavy atom. The molecule has 0 heterocycles. The Bertz CT molecular complexity index is 638. The van der Waals surface area contributed by atoms with Crippen LogP contribution in [0.15, 0.2) is 36.4 Å². The van der Waals surface area contributed by atoms with Crippen LogP contribution in [0.1, 0.15) is 21.5 Å².